The second-order valence-corrected chi connectivity index (χ2v) is 8.56. The van der Waals surface area contributed by atoms with E-state index in [1.165, 1.54) is 0 Å². The van der Waals surface area contributed by atoms with Crippen molar-refractivity contribution in [1.82, 2.24) is 0 Å². The number of rotatable bonds is 7. The third-order valence-electron chi connectivity index (χ3n) is 4.80. The average molecular weight is 372 g/mol. The summed E-state index contributed by atoms with van der Waals surface area (Å²) in [5, 5.41) is 13.3. The monoisotopic (exact) mass is 371 g/mol. The van der Waals surface area contributed by atoms with Crippen LogP contribution in [0.5, 0.6) is 0 Å². The van der Waals surface area contributed by atoms with Crippen molar-refractivity contribution in [2.24, 2.45) is 5.16 Å². The Bertz CT molecular complexity index is 784. The van der Waals surface area contributed by atoms with E-state index in [-0.39, 0.29) is 18.0 Å². The molecule has 26 heavy (non-hydrogen) atoms. The van der Waals surface area contributed by atoms with Crippen molar-refractivity contribution in [3.8, 4) is 11.1 Å². The number of benzene rings is 2. The molecule has 0 radical (unpaired) electrons. The van der Waals surface area contributed by atoms with Gasteiger partial charge in [-0.1, -0.05) is 60.6 Å². The first-order chi connectivity index (χ1) is 12.6. The van der Waals surface area contributed by atoms with Gasteiger partial charge in [0.25, 0.3) is 0 Å². The zero-order valence-corrected chi connectivity index (χ0v) is 16.0. The molecule has 3 unspecified atom stereocenters. The molecule has 2 aromatic carbocycles. The van der Waals surface area contributed by atoms with E-state index in [9.17, 15) is 4.21 Å². The summed E-state index contributed by atoms with van der Waals surface area (Å²) in [5.74, 6) is 0. The molecule has 2 aromatic rings. The highest BCUT2D eigenvalue weighted by Crippen LogP contribution is 2.24. The lowest BCUT2D eigenvalue weighted by Gasteiger charge is -2.12. The fraction of sp³-hybridized carbons (Fsp3) is 0.381. The summed E-state index contributed by atoms with van der Waals surface area (Å²) >= 11 is 0. The summed E-state index contributed by atoms with van der Waals surface area (Å²) < 4.78 is 11.5. The SMILES string of the molecule is CC(CC1CC(c2ccc(-c3ccc(CCO)cc3)cc2)=NO1)S(C)=O. The third-order valence-corrected chi connectivity index (χ3v) is 6.13. The summed E-state index contributed by atoms with van der Waals surface area (Å²) in [4.78, 5) is 5.52. The van der Waals surface area contributed by atoms with Crippen LogP contribution in [0.15, 0.2) is 53.7 Å². The number of aliphatic hydroxyl groups excluding tert-OH is 1. The minimum absolute atomic E-state index is 0.0163. The standard InChI is InChI=1S/C21H25NO3S/c1-15(26(2)24)13-20-14-21(22-25-20)19-9-7-18(8-10-19)17-5-3-16(4-6-17)11-12-23/h3-10,15,20,23H,11-14H2,1-2H3. The first kappa shape index (κ1) is 18.8. The van der Waals surface area contributed by atoms with Gasteiger partial charge in [0.1, 0.15) is 6.10 Å². The lowest BCUT2D eigenvalue weighted by Crippen LogP contribution is -2.19. The average Bonchev–Trinajstić information content (AvgIpc) is 3.11. The normalized spacial score (nSPS) is 18.9. The minimum Gasteiger partial charge on any atom is -0.396 e. The topological polar surface area (TPSA) is 58.9 Å². The van der Waals surface area contributed by atoms with Crippen LogP contribution < -0.4 is 0 Å². The molecule has 1 aliphatic rings. The molecule has 0 spiro atoms. The van der Waals surface area contributed by atoms with Gasteiger partial charge in [0.2, 0.25) is 0 Å². The predicted molar refractivity (Wildman–Crippen MR) is 107 cm³/mol. The zero-order chi connectivity index (χ0) is 18.5. The van der Waals surface area contributed by atoms with E-state index in [1.54, 1.807) is 6.26 Å². The summed E-state index contributed by atoms with van der Waals surface area (Å²) in [5.41, 5.74) is 5.46. The van der Waals surface area contributed by atoms with Gasteiger partial charge in [-0.25, -0.2) is 0 Å². The van der Waals surface area contributed by atoms with Gasteiger partial charge in [-0.15, -0.1) is 0 Å². The van der Waals surface area contributed by atoms with Gasteiger partial charge in [0.05, 0.1) is 5.71 Å². The molecule has 0 aliphatic carbocycles. The van der Waals surface area contributed by atoms with E-state index < -0.39 is 10.8 Å². The Balaban J connectivity index is 1.64. The van der Waals surface area contributed by atoms with Gasteiger partial charge in [0, 0.05) is 41.8 Å². The molecular formula is C21H25NO3S. The number of hydrogen-bond acceptors (Lipinski definition) is 4. The maximum absolute atomic E-state index is 11.5. The van der Waals surface area contributed by atoms with Crippen molar-refractivity contribution in [2.45, 2.75) is 37.5 Å². The highest BCUT2D eigenvalue weighted by molar-refractivity contribution is 7.84. The largest absolute Gasteiger partial charge is 0.396 e. The summed E-state index contributed by atoms with van der Waals surface area (Å²) in [7, 11) is -0.834. The molecule has 138 valence electrons. The van der Waals surface area contributed by atoms with Crippen LogP contribution in [0, 0.1) is 0 Å². The van der Waals surface area contributed by atoms with Crippen molar-refractivity contribution in [3.63, 3.8) is 0 Å². The van der Waals surface area contributed by atoms with Gasteiger partial charge in [-0.3, -0.25) is 4.21 Å². The van der Waals surface area contributed by atoms with Crippen molar-refractivity contribution in [3.05, 3.63) is 59.7 Å². The maximum atomic E-state index is 11.5. The van der Waals surface area contributed by atoms with E-state index in [4.69, 9.17) is 9.94 Å². The molecule has 5 heteroatoms. The molecule has 4 nitrogen and oxygen atoms in total. The smallest absolute Gasteiger partial charge is 0.134 e. The van der Waals surface area contributed by atoms with E-state index >= 15 is 0 Å². The molecule has 1 N–H and O–H groups in total. The maximum Gasteiger partial charge on any atom is 0.134 e. The van der Waals surface area contributed by atoms with Crippen LogP contribution in [-0.4, -0.2) is 39.2 Å². The van der Waals surface area contributed by atoms with Crippen molar-refractivity contribution in [2.75, 3.05) is 12.9 Å². The fourth-order valence-electron chi connectivity index (χ4n) is 3.08. The molecule has 0 aromatic heterocycles. The molecule has 0 saturated heterocycles. The Kier molecular flexibility index (Phi) is 6.22. The van der Waals surface area contributed by atoms with Crippen LogP contribution in [0.4, 0.5) is 0 Å². The second-order valence-electron chi connectivity index (χ2n) is 6.76. The van der Waals surface area contributed by atoms with E-state index in [0.29, 0.717) is 6.42 Å². The van der Waals surface area contributed by atoms with Gasteiger partial charge in [-0.2, -0.15) is 0 Å². The first-order valence-electron chi connectivity index (χ1n) is 8.92. The number of aliphatic hydroxyl groups is 1. The third kappa shape index (κ3) is 4.59. The van der Waals surface area contributed by atoms with E-state index in [2.05, 4.69) is 53.7 Å². The van der Waals surface area contributed by atoms with Crippen LogP contribution >= 0.6 is 0 Å². The fourth-order valence-corrected chi connectivity index (χ4v) is 3.56. The molecule has 3 atom stereocenters. The van der Waals surface area contributed by atoms with Crippen molar-refractivity contribution >= 4 is 16.5 Å². The van der Waals surface area contributed by atoms with Crippen molar-refractivity contribution in [1.29, 1.82) is 0 Å². The van der Waals surface area contributed by atoms with Gasteiger partial charge < -0.3 is 9.94 Å². The molecule has 0 bridgehead atoms. The molecular weight excluding hydrogens is 346 g/mol. The number of oxime groups is 1. The highest BCUT2D eigenvalue weighted by Gasteiger charge is 2.25. The Morgan fingerprint density at radius 2 is 1.69 bits per heavy atom. The molecule has 0 fully saturated rings. The minimum atomic E-state index is -0.834. The summed E-state index contributed by atoms with van der Waals surface area (Å²) in [6.07, 6.45) is 3.95. The number of nitrogens with zero attached hydrogens (tertiary/aromatic N) is 1. The van der Waals surface area contributed by atoms with Crippen molar-refractivity contribution < 1.29 is 14.2 Å². The van der Waals surface area contributed by atoms with Crippen LogP contribution in [-0.2, 0) is 22.1 Å². The Morgan fingerprint density at radius 1 is 1.12 bits per heavy atom. The highest BCUT2D eigenvalue weighted by atomic mass is 32.2. The molecule has 0 saturated carbocycles. The molecule has 1 heterocycles. The lowest BCUT2D eigenvalue weighted by atomic mass is 9.98. The second kappa shape index (κ2) is 8.60. The predicted octanol–water partition coefficient (Wildman–Crippen LogP) is 3.54. The Morgan fingerprint density at radius 3 is 2.27 bits per heavy atom. The quantitative estimate of drug-likeness (QED) is 0.810. The lowest BCUT2D eigenvalue weighted by molar-refractivity contribution is 0.0794. The van der Waals surface area contributed by atoms with Crippen LogP contribution in [0.2, 0.25) is 0 Å². The van der Waals surface area contributed by atoms with E-state index in [1.807, 2.05) is 6.92 Å². The van der Waals surface area contributed by atoms with Crippen LogP contribution in [0.3, 0.4) is 0 Å². The van der Waals surface area contributed by atoms with Gasteiger partial charge in [0.15, 0.2) is 0 Å². The first-order valence-corrected chi connectivity index (χ1v) is 10.5. The van der Waals surface area contributed by atoms with Gasteiger partial charge >= 0.3 is 0 Å². The molecule has 0 amide bonds. The van der Waals surface area contributed by atoms with Crippen LogP contribution in [0.1, 0.15) is 30.9 Å². The summed E-state index contributed by atoms with van der Waals surface area (Å²) in [6.45, 7) is 2.16. The Labute approximate surface area is 157 Å². The molecule has 3 rings (SSSR count). The molecule has 1 aliphatic heterocycles. The number of hydrogen-bond donors (Lipinski definition) is 1. The Hall–Kier alpha value is -1.98. The van der Waals surface area contributed by atoms with E-state index in [0.717, 1.165) is 40.8 Å². The van der Waals surface area contributed by atoms with Crippen LogP contribution in [0.25, 0.3) is 11.1 Å². The van der Waals surface area contributed by atoms with Gasteiger partial charge in [-0.05, 0) is 28.7 Å². The zero-order valence-electron chi connectivity index (χ0n) is 15.2. The summed E-state index contributed by atoms with van der Waals surface area (Å²) in [6, 6.07) is 16.6.